The molecule has 0 aliphatic carbocycles. The molecule has 0 radical (unpaired) electrons. The molecule has 2 aromatic rings. The number of carbonyl (C=O) groups is 1. The van der Waals surface area contributed by atoms with Crippen molar-refractivity contribution in [3.8, 4) is 0 Å². The number of nitrogens with one attached hydrogen (secondary N) is 2. The van der Waals surface area contributed by atoms with Gasteiger partial charge in [0.25, 0.3) is 0 Å². The van der Waals surface area contributed by atoms with Crippen LogP contribution >= 0.6 is 11.6 Å². The quantitative estimate of drug-likeness (QED) is 0.574. The summed E-state index contributed by atoms with van der Waals surface area (Å²) in [6.45, 7) is 3.61. The lowest BCUT2D eigenvalue weighted by Gasteiger charge is -2.06. The van der Waals surface area contributed by atoms with E-state index < -0.39 is 10.0 Å². The standard InChI is InChI=1S/C18H17ClN2O3S/c1-2-13-20-25(23,24)16-10-8-15(9-11-16)21-18(22)12-7-14-5-3-4-6-17(14)19/h2-12,20H,1,13H2,(H,21,22). The Morgan fingerprint density at radius 1 is 1.12 bits per heavy atom. The Labute approximate surface area is 152 Å². The van der Waals surface area contributed by atoms with Crippen molar-refractivity contribution in [2.45, 2.75) is 4.90 Å². The lowest BCUT2D eigenvalue weighted by molar-refractivity contribution is -0.111. The monoisotopic (exact) mass is 376 g/mol. The van der Waals surface area contributed by atoms with E-state index in [1.54, 1.807) is 24.3 Å². The maximum Gasteiger partial charge on any atom is 0.248 e. The van der Waals surface area contributed by atoms with Crippen LogP contribution in [0.4, 0.5) is 5.69 Å². The molecule has 2 aromatic carbocycles. The highest BCUT2D eigenvalue weighted by Gasteiger charge is 2.12. The maximum absolute atomic E-state index is 11.9. The number of halogens is 1. The van der Waals surface area contributed by atoms with Crippen LogP contribution in [0, 0.1) is 0 Å². The topological polar surface area (TPSA) is 75.3 Å². The van der Waals surface area contributed by atoms with E-state index in [-0.39, 0.29) is 17.3 Å². The summed E-state index contributed by atoms with van der Waals surface area (Å²) < 4.78 is 26.3. The summed E-state index contributed by atoms with van der Waals surface area (Å²) in [6.07, 6.45) is 4.42. The molecule has 0 saturated carbocycles. The molecular weight excluding hydrogens is 360 g/mol. The SMILES string of the molecule is C=CCNS(=O)(=O)c1ccc(NC(=O)C=Cc2ccccc2Cl)cc1. The van der Waals surface area contributed by atoms with Crippen molar-refractivity contribution in [1.82, 2.24) is 4.72 Å². The van der Waals surface area contributed by atoms with Crippen molar-refractivity contribution in [3.05, 3.63) is 77.8 Å². The van der Waals surface area contributed by atoms with E-state index in [0.717, 1.165) is 5.56 Å². The number of hydrogen-bond acceptors (Lipinski definition) is 3. The van der Waals surface area contributed by atoms with Gasteiger partial charge >= 0.3 is 0 Å². The van der Waals surface area contributed by atoms with Crippen molar-refractivity contribution in [2.24, 2.45) is 0 Å². The van der Waals surface area contributed by atoms with Crippen LogP contribution in [0.1, 0.15) is 5.56 Å². The van der Waals surface area contributed by atoms with Gasteiger partial charge in [-0.2, -0.15) is 0 Å². The summed E-state index contributed by atoms with van der Waals surface area (Å²) in [6, 6.07) is 13.0. The summed E-state index contributed by atoms with van der Waals surface area (Å²) in [4.78, 5) is 12.0. The highest BCUT2D eigenvalue weighted by Crippen LogP contribution is 2.17. The third-order valence-corrected chi connectivity index (χ3v) is 4.95. The smallest absolute Gasteiger partial charge is 0.248 e. The van der Waals surface area contributed by atoms with E-state index in [1.807, 2.05) is 6.07 Å². The first kappa shape index (κ1) is 18.9. The lowest BCUT2D eigenvalue weighted by Crippen LogP contribution is -2.23. The minimum absolute atomic E-state index is 0.110. The minimum atomic E-state index is -3.58. The number of anilines is 1. The van der Waals surface area contributed by atoms with E-state index in [0.29, 0.717) is 10.7 Å². The molecule has 0 aliphatic rings. The molecule has 130 valence electrons. The minimum Gasteiger partial charge on any atom is -0.323 e. The molecule has 2 N–H and O–H groups in total. The van der Waals surface area contributed by atoms with Gasteiger partial charge in [0.1, 0.15) is 0 Å². The molecule has 0 aliphatic heterocycles. The van der Waals surface area contributed by atoms with Crippen LogP contribution in [-0.2, 0) is 14.8 Å². The Bertz CT molecular complexity index is 891. The Kier molecular flexibility index (Phi) is 6.52. The first-order chi connectivity index (χ1) is 11.9. The Hall–Kier alpha value is -2.41. The van der Waals surface area contributed by atoms with Crippen LogP contribution in [0.2, 0.25) is 5.02 Å². The molecule has 0 spiro atoms. The molecule has 0 heterocycles. The lowest BCUT2D eigenvalue weighted by atomic mass is 10.2. The molecule has 2 rings (SSSR count). The Balaban J connectivity index is 2.02. The van der Waals surface area contributed by atoms with Crippen LogP contribution in [-0.4, -0.2) is 20.9 Å². The number of carbonyl (C=O) groups excluding carboxylic acids is 1. The molecule has 0 aromatic heterocycles. The number of sulfonamides is 1. The summed E-state index contributed by atoms with van der Waals surface area (Å²) in [7, 11) is -3.58. The fourth-order valence-electron chi connectivity index (χ4n) is 1.93. The average molecular weight is 377 g/mol. The zero-order valence-electron chi connectivity index (χ0n) is 13.3. The van der Waals surface area contributed by atoms with Crippen LogP contribution in [0.15, 0.2) is 72.2 Å². The molecule has 0 bridgehead atoms. The van der Waals surface area contributed by atoms with Crippen molar-refractivity contribution >= 4 is 39.3 Å². The summed E-state index contributed by atoms with van der Waals surface area (Å²) in [5.74, 6) is -0.347. The molecule has 0 fully saturated rings. The van der Waals surface area contributed by atoms with E-state index in [2.05, 4.69) is 16.6 Å². The van der Waals surface area contributed by atoms with E-state index in [4.69, 9.17) is 11.6 Å². The number of rotatable bonds is 7. The van der Waals surface area contributed by atoms with Crippen molar-refractivity contribution < 1.29 is 13.2 Å². The molecule has 0 unspecified atom stereocenters. The summed E-state index contributed by atoms with van der Waals surface area (Å²) >= 11 is 6.01. The van der Waals surface area contributed by atoms with Crippen molar-refractivity contribution in [2.75, 3.05) is 11.9 Å². The number of amides is 1. The van der Waals surface area contributed by atoms with Crippen molar-refractivity contribution in [1.29, 1.82) is 0 Å². The largest absolute Gasteiger partial charge is 0.323 e. The van der Waals surface area contributed by atoms with Crippen molar-refractivity contribution in [3.63, 3.8) is 0 Å². The molecule has 5 nitrogen and oxygen atoms in total. The van der Waals surface area contributed by atoms with Crippen LogP contribution in [0.25, 0.3) is 6.08 Å². The predicted molar refractivity (Wildman–Crippen MR) is 101 cm³/mol. The van der Waals surface area contributed by atoms with E-state index >= 15 is 0 Å². The van der Waals surface area contributed by atoms with Gasteiger partial charge in [-0.3, -0.25) is 4.79 Å². The van der Waals surface area contributed by atoms with Gasteiger partial charge in [-0.15, -0.1) is 6.58 Å². The average Bonchev–Trinajstić information content (AvgIpc) is 2.60. The van der Waals surface area contributed by atoms with Crippen LogP contribution < -0.4 is 10.0 Å². The fraction of sp³-hybridized carbons (Fsp3) is 0.0556. The van der Waals surface area contributed by atoms with Gasteiger partial charge < -0.3 is 5.32 Å². The number of benzene rings is 2. The fourth-order valence-corrected chi connectivity index (χ4v) is 3.13. The van der Waals surface area contributed by atoms with Gasteiger partial charge in [0.2, 0.25) is 15.9 Å². The van der Waals surface area contributed by atoms with Gasteiger partial charge in [-0.1, -0.05) is 35.9 Å². The Morgan fingerprint density at radius 3 is 2.44 bits per heavy atom. The van der Waals surface area contributed by atoms with E-state index in [9.17, 15) is 13.2 Å². The molecule has 7 heteroatoms. The zero-order valence-corrected chi connectivity index (χ0v) is 14.8. The highest BCUT2D eigenvalue weighted by molar-refractivity contribution is 7.89. The van der Waals surface area contributed by atoms with Crippen LogP contribution in [0.3, 0.4) is 0 Å². The first-order valence-electron chi connectivity index (χ1n) is 7.36. The first-order valence-corrected chi connectivity index (χ1v) is 9.23. The zero-order chi connectivity index (χ0) is 18.3. The second kappa shape index (κ2) is 8.62. The molecule has 0 saturated heterocycles. The van der Waals surface area contributed by atoms with E-state index in [1.165, 1.54) is 36.4 Å². The number of hydrogen-bond donors (Lipinski definition) is 2. The molecule has 25 heavy (non-hydrogen) atoms. The summed E-state index contributed by atoms with van der Waals surface area (Å²) in [5, 5.41) is 3.20. The third-order valence-electron chi connectivity index (χ3n) is 3.17. The normalized spacial score (nSPS) is 11.4. The molecular formula is C18H17ClN2O3S. The summed E-state index contributed by atoms with van der Waals surface area (Å²) in [5.41, 5.74) is 1.21. The predicted octanol–water partition coefficient (Wildman–Crippen LogP) is 3.46. The maximum atomic E-state index is 11.9. The van der Waals surface area contributed by atoms with Gasteiger partial charge in [0, 0.05) is 23.3 Å². The van der Waals surface area contributed by atoms with Crippen LogP contribution in [0.5, 0.6) is 0 Å². The molecule has 0 atom stereocenters. The van der Waals surface area contributed by atoms with Gasteiger partial charge in [-0.05, 0) is 42.0 Å². The second-order valence-corrected chi connectivity index (χ2v) is 7.18. The van der Waals surface area contributed by atoms with Gasteiger partial charge in [0.15, 0.2) is 0 Å². The Morgan fingerprint density at radius 2 is 1.80 bits per heavy atom. The highest BCUT2D eigenvalue weighted by atomic mass is 35.5. The van der Waals surface area contributed by atoms with Gasteiger partial charge in [0.05, 0.1) is 4.90 Å². The molecule has 1 amide bonds. The third kappa shape index (κ3) is 5.56. The van der Waals surface area contributed by atoms with Gasteiger partial charge in [-0.25, -0.2) is 13.1 Å². The second-order valence-electron chi connectivity index (χ2n) is 5.01.